The highest BCUT2D eigenvalue weighted by molar-refractivity contribution is 6.30. The number of nitrogens with zero attached hydrogens (tertiary/aromatic N) is 3. The second kappa shape index (κ2) is 5.48. The van der Waals surface area contributed by atoms with Crippen LogP contribution in [0, 0.1) is 17.8 Å². The molecule has 0 bridgehead atoms. The van der Waals surface area contributed by atoms with Gasteiger partial charge in [-0.15, -0.1) is 0 Å². The van der Waals surface area contributed by atoms with Crippen molar-refractivity contribution in [3.8, 4) is 23.2 Å². The normalized spacial score (nSPS) is 13.7. The summed E-state index contributed by atoms with van der Waals surface area (Å²) in [6.45, 7) is 0.316. The van der Waals surface area contributed by atoms with Gasteiger partial charge in [0.25, 0.3) is 5.56 Å². The molecule has 0 radical (unpaired) electrons. The van der Waals surface area contributed by atoms with Gasteiger partial charge in [-0.25, -0.2) is 4.68 Å². The van der Waals surface area contributed by atoms with Crippen molar-refractivity contribution in [3.05, 3.63) is 45.8 Å². The Morgan fingerprint density at radius 1 is 1.25 bits per heavy atom. The van der Waals surface area contributed by atoms with E-state index in [0.717, 1.165) is 0 Å². The molecule has 3 rings (SSSR count). The highest BCUT2D eigenvalue weighted by Gasteiger charge is 2.17. The van der Waals surface area contributed by atoms with E-state index in [1.54, 1.807) is 24.4 Å². The number of halogens is 1. The van der Waals surface area contributed by atoms with Gasteiger partial charge in [0, 0.05) is 18.2 Å². The van der Waals surface area contributed by atoms with Crippen molar-refractivity contribution in [2.24, 2.45) is 5.92 Å². The smallest absolute Gasteiger partial charge is 0.267 e. The van der Waals surface area contributed by atoms with Crippen molar-refractivity contribution in [2.45, 2.75) is 19.4 Å². The van der Waals surface area contributed by atoms with Crippen molar-refractivity contribution in [1.82, 2.24) is 14.8 Å². The van der Waals surface area contributed by atoms with Crippen LogP contribution in [0.1, 0.15) is 12.8 Å². The summed E-state index contributed by atoms with van der Waals surface area (Å²) in [6.07, 6.45) is 3.90. The first kappa shape index (κ1) is 12.9. The summed E-state index contributed by atoms with van der Waals surface area (Å²) in [5.41, 5.74) is 1.15. The van der Waals surface area contributed by atoms with Gasteiger partial charge < -0.3 is 0 Å². The molecule has 2 aromatic rings. The van der Waals surface area contributed by atoms with E-state index < -0.39 is 0 Å². The molecular formula is C15H12ClN3O. The van der Waals surface area contributed by atoms with Gasteiger partial charge in [-0.2, -0.15) is 5.10 Å². The average Bonchev–Trinajstić information content (AvgIpc) is 3.26. The first-order valence-corrected chi connectivity index (χ1v) is 6.79. The lowest BCUT2D eigenvalue weighted by Gasteiger charge is -2.03. The monoisotopic (exact) mass is 285 g/mol. The summed E-state index contributed by atoms with van der Waals surface area (Å²) in [7, 11) is 0. The molecule has 5 heteroatoms. The van der Waals surface area contributed by atoms with Crippen molar-refractivity contribution in [1.29, 1.82) is 0 Å². The first-order chi connectivity index (χ1) is 9.72. The Hall–Kier alpha value is -2.12. The Bertz CT molecular complexity index is 736. The number of aromatic nitrogens is 3. The van der Waals surface area contributed by atoms with Gasteiger partial charge in [-0.1, -0.05) is 23.4 Å². The minimum atomic E-state index is -0.159. The molecule has 100 valence electrons. The van der Waals surface area contributed by atoms with Crippen LogP contribution < -0.4 is 5.56 Å². The number of pyridine rings is 1. The van der Waals surface area contributed by atoms with Crippen molar-refractivity contribution < 1.29 is 0 Å². The van der Waals surface area contributed by atoms with Gasteiger partial charge in [0.15, 0.2) is 0 Å². The zero-order valence-corrected chi connectivity index (χ0v) is 11.5. The third-order valence-corrected chi connectivity index (χ3v) is 3.19. The second-order valence-corrected chi connectivity index (χ2v) is 5.11. The maximum Gasteiger partial charge on any atom is 0.267 e. The van der Waals surface area contributed by atoms with Crippen LogP contribution in [0.25, 0.3) is 11.4 Å². The molecule has 1 saturated carbocycles. The van der Waals surface area contributed by atoms with Gasteiger partial charge in [-0.3, -0.25) is 9.78 Å². The van der Waals surface area contributed by atoms with E-state index in [9.17, 15) is 4.79 Å². The average molecular weight is 286 g/mol. The van der Waals surface area contributed by atoms with Crippen LogP contribution in [-0.2, 0) is 6.54 Å². The fourth-order valence-corrected chi connectivity index (χ4v) is 1.83. The summed E-state index contributed by atoms with van der Waals surface area (Å²) >= 11 is 5.80. The van der Waals surface area contributed by atoms with Crippen LogP contribution in [0.4, 0.5) is 0 Å². The third kappa shape index (κ3) is 3.06. The zero-order chi connectivity index (χ0) is 13.9. The van der Waals surface area contributed by atoms with E-state index in [1.807, 2.05) is 0 Å². The summed E-state index contributed by atoms with van der Waals surface area (Å²) in [4.78, 5) is 15.9. The van der Waals surface area contributed by atoms with E-state index in [4.69, 9.17) is 11.6 Å². The van der Waals surface area contributed by atoms with Crippen LogP contribution in [-0.4, -0.2) is 14.8 Å². The molecule has 1 fully saturated rings. The molecule has 0 saturated heterocycles. The van der Waals surface area contributed by atoms with Gasteiger partial charge in [0.2, 0.25) is 0 Å². The van der Waals surface area contributed by atoms with Gasteiger partial charge in [-0.05, 0) is 31.0 Å². The zero-order valence-electron chi connectivity index (χ0n) is 10.7. The van der Waals surface area contributed by atoms with Crippen molar-refractivity contribution in [2.75, 3.05) is 0 Å². The molecule has 2 aromatic heterocycles. The predicted molar refractivity (Wildman–Crippen MR) is 77.2 cm³/mol. The van der Waals surface area contributed by atoms with E-state index >= 15 is 0 Å². The lowest BCUT2D eigenvalue weighted by atomic mass is 10.2. The van der Waals surface area contributed by atoms with Crippen LogP contribution in [0.5, 0.6) is 0 Å². The summed E-state index contributed by atoms with van der Waals surface area (Å²) in [5.74, 6) is 6.64. The maximum atomic E-state index is 11.7. The van der Waals surface area contributed by atoms with Gasteiger partial charge in [0.1, 0.15) is 12.2 Å². The molecule has 4 nitrogen and oxygen atoms in total. The molecule has 0 spiro atoms. The molecule has 1 aliphatic carbocycles. The Morgan fingerprint density at radius 3 is 2.75 bits per heavy atom. The number of rotatable bonds is 2. The minimum Gasteiger partial charge on any atom is -0.268 e. The van der Waals surface area contributed by atoms with Crippen LogP contribution >= 0.6 is 11.6 Å². The SMILES string of the molecule is O=c1ccc(-c2ccc(Cl)cn2)nn1CC#CC1CC1. The first-order valence-electron chi connectivity index (χ1n) is 6.41. The van der Waals surface area contributed by atoms with Crippen LogP contribution in [0.15, 0.2) is 35.3 Å². The largest absolute Gasteiger partial charge is 0.268 e. The molecule has 20 heavy (non-hydrogen) atoms. The van der Waals surface area contributed by atoms with E-state index in [0.29, 0.717) is 28.9 Å². The highest BCUT2D eigenvalue weighted by Crippen LogP contribution is 2.27. The lowest BCUT2D eigenvalue weighted by Crippen LogP contribution is -2.21. The van der Waals surface area contributed by atoms with E-state index in [1.165, 1.54) is 23.6 Å². The molecule has 1 aliphatic rings. The molecule has 0 unspecified atom stereocenters. The Kier molecular flexibility index (Phi) is 3.53. The molecular weight excluding hydrogens is 274 g/mol. The summed E-state index contributed by atoms with van der Waals surface area (Å²) in [5, 5.41) is 4.85. The minimum absolute atomic E-state index is 0.159. The fraction of sp³-hybridized carbons (Fsp3) is 0.267. The van der Waals surface area contributed by atoms with Crippen molar-refractivity contribution >= 4 is 11.6 Å². The molecule has 0 atom stereocenters. The molecule has 2 heterocycles. The Balaban J connectivity index is 1.87. The fourth-order valence-electron chi connectivity index (χ4n) is 1.72. The number of hydrogen-bond donors (Lipinski definition) is 0. The Morgan fingerprint density at radius 2 is 2.05 bits per heavy atom. The van der Waals surface area contributed by atoms with Gasteiger partial charge >= 0.3 is 0 Å². The predicted octanol–water partition coefficient (Wildman–Crippen LogP) is 2.37. The Labute approximate surface area is 121 Å². The second-order valence-electron chi connectivity index (χ2n) is 4.67. The molecule has 0 amide bonds. The molecule has 0 aromatic carbocycles. The van der Waals surface area contributed by atoms with Crippen LogP contribution in [0.3, 0.4) is 0 Å². The number of hydrogen-bond acceptors (Lipinski definition) is 3. The lowest BCUT2D eigenvalue weighted by molar-refractivity contribution is 0.665. The van der Waals surface area contributed by atoms with E-state index in [2.05, 4.69) is 21.9 Å². The van der Waals surface area contributed by atoms with E-state index in [-0.39, 0.29) is 5.56 Å². The highest BCUT2D eigenvalue weighted by atomic mass is 35.5. The molecule has 0 aliphatic heterocycles. The maximum absolute atomic E-state index is 11.7. The van der Waals surface area contributed by atoms with Crippen molar-refractivity contribution in [3.63, 3.8) is 0 Å². The quantitative estimate of drug-likeness (QED) is 0.796. The van der Waals surface area contributed by atoms with Gasteiger partial charge in [0.05, 0.1) is 10.7 Å². The topological polar surface area (TPSA) is 47.8 Å². The summed E-state index contributed by atoms with van der Waals surface area (Å²) in [6, 6.07) is 6.66. The third-order valence-electron chi connectivity index (χ3n) is 2.97. The molecule has 0 N–H and O–H groups in total. The van der Waals surface area contributed by atoms with Crippen LogP contribution in [0.2, 0.25) is 5.02 Å². The standard InChI is InChI=1S/C15H12ClN3O/c16-12-5-6-13(17-10-12)14-7-8-15(20)19(18-14)9-1-2-11-3-4-11/h5-8,10-11H,3-4,9H2. The summed E-state index contributed by atoms with van der Waals surface area (Å²) < 4.78 is 1.36.